The van der Waals surface area contributed by atoms with Crippen molar-refractivity contribution < 1.29 is 49.1 Å². The van der Waals surface area contributed by atoms with Crippen LogP contribution in [0.2, 0.25) is 5.02 Å². The van der Waals surface area contributed by atoms with Gasteiger partial charge < -0.3 is 10.6 Å². The van der Waals surface area contributed by atoms with Crippen LogP contribution < -0.4 is 10.6 Å². The molecule has 0 saturated heterocycles. The van der Waals surface area contributed by atoms with Gasteiger partial charge in [0.2, 0.25) is 5.67 Å². The van der Waals surface area contributed by atoms with Gasteiger partial charge in [-0.3, -0.25) is 9.59 Å². The second kappa shape index (κ2) is 12.6. The van der Waals surface area contributed by atoms with Crippen molar-refractivity contribution >= 4 is 50.7 Å². The fourth-order valence-corrected chi connectivity index (χ4v) is 5.01. The van der Waals surface area contributed by atoms with Gasteiger partial charge in [0.15, 0.2) is 0 Å². The van der Waals surface area contributed by atoms with E-state index in [1.54, 1.807) is 13.0 Å². The Balaban J connectivity index is 1.97. The third-order valence-corrected chi connectivity index (χ3v) is 7.21. The van der Waals surface area contributed by atoms with Gasteiger partial charge in [0.1, 0.15) is 6.07 Å². The quantitative estimate of drug-likeness (QED) is 0.237. The topological polar surface area (TPSA) is 106 Å². The fraction of sp³-hybridized carbons (Fsp3) is 0.214. The Bertz CT molecular complexity index is 1740. The lowest BCUT2D eigenvalue weighted by molar-refractivity contribution is -0.343. The summed E-state index contributed by atoms with van der Waals surface area (Å²) in [7, 11) is 0. The van der Waals surface area contributed by atoms with E-state index in [0.29, 0.717) is 5.56 Å². The third-order valence-electron chi connectivity index (χ3n) is 6.29. The Kier molecular flexibility index (Phi) is 9.86. The average molecular weight is 726 g/mol. The van der Waals surface area contributed by atoms with E-state index < -0.39 is 62.9 Å². The maximum atomic E-state index is 15.3. The van der Waals surface area contributed by atoms with Crippen LogP contribution in [0.15, 0.2) is 53.0 Å². The first-order valence-electron chi connectivity index (χ1n) is 12.0. The molecule has 45 heavy (non-hydrogen) atoms. The number of alkyl halides is 9. The molecule has 6 nitrogen and oxygen atoms in total. The first kappa shape index (κ1) is 35.2. The van der Waals surface area contributed by atoms with Gasteiger partial charge in [0.05, 0.1) is 40.0 Å². The molecule has 236 valence electrons. The summed E-state index contributed by atoms with van der Waals surface area (Å²) in [6.45, 7) is 1.55. The smallest absolute Gasteiger partial charge is 0.321 e. The Morgan fingerprint density at radius 1 is 0.867 bits per heavy atom. The van der Waals surface area contributed by atoms with Crippen LogP contribution in [0.4, 0.5) is 50.9 Å². The Morgan fingerprint density at radius 3 is 2.02 bits per heavy atom. The zero-order valence-electron chi connectivity index (χ0n) is 22.2. The van der Waals surface area contributed by atoms with Gasteiger partial charge in [-0.15, -0.1) is 0 Å². The first-order chi connectivity index (χ1) is 20.6. The molecule has 3 aromatic rings. The molecular formula is C28H15BrClF9N4O2. The van der Waals surface area contributed by atoms with Crippen LogP contribution in [0.5, 0.6) is 0 Å². The molecule has 0 fully saturated rings. The highest BCUT2D eigenvalue weighted by atomic mass is 79.9. The van der Waals surface area contributed by atoms with Gasteiger partial charge in [-0.2, -0.15) is 45.6 Å². The third kappa shape index (κ3) is 7.34. The molecule has 0 heterocycles. The van der Waals surface area contributed by atoms with Crippen molar-refractivity contribution in [3.8, 4) is 12.1 Å². The van der Waals surface area contributed by atoms with Gasteiger partial charge in [-0.25, -0.2) is 4.39 Å². The van der Waals surface area contributed by atoms with Gasteiger partial charge in [0.25, 0.3) is 11.8 Å². The maximum absolute atomic E-state index is 15.3. The van der Waals surface area contributed by atoms with Crippen molar-refractivity contribution in [3.05, 3.63) is 91.4 Å². The van der Waals surface area contributed by atoms with Crippen molar-refractivity contribution in [3.63, 3.8) is 0 Å². The second-order valence-electron chi connectivity index (χ2n) is 9.40. The molecule has 3 aromatic carbocycles. The predicted octanol–water partition coefficient (Wildman–Crippen LogP) is 8.97. The summed E-state index contributed by atoms with van der Waals surface area (Å²) in [6.07, 6.45) is -15.8. The number of hydrogen-bond donors (Lipinski definition) is 2. The number of rotatable bonds is 7. The fourth-order valence-electron chi connectivity index (χ4n) is 4.07. The summed E-state index contributed by atoms with van der Waals surface area (Å²) < 4.78 is 121. The van der Waals surface area contributed by atoms with E-state index in [4.69, 9.17) is 16.9 Å². The predicted molar refractivity (Wildman–Crippen MR) is 147 cm³/mol. The molecule has 0 aliphatic carbocycles. The van der Waals surface area contributed by atoms with Crippen LogP contribution in [0.3, 0.4) is 0 Å². The number of hydrogen-bond acceptors (Lipinski definition) is 4. The van der Waals surface area contributed by atoms with E-state index >= 15 is 4.39 Å². The van der Waals surface area contributed by atoms with E-state index in [2.05, 4.69) is 26.6 Å². The number of aryl methyl sites for hydroxylation is 1. The van der Waals surface area contributed by atoms with E-state index in [1.807, 2.05) is 6.07 Å². The largest absolute Gasteiger partial charge is 0.457 e. The minimum Gasteiger partial charge on any atom is -0.321 e. The second-order valence-corrected chi connectivity index (χ2v) is 10.7. The number of nitrogens with one attached hydrogen (secondary N) is 2. The Hall–Kier alpha value is -4.28. The zero-order chi connectivity index (χ0) is 34.1. The summed E-state index contributed by atoms with van der Waals surface area (Å²) in [5.41, 5.74) is -7.33. The van der Waals surface area contributed by atoms with Gasteiger partial charge in [-0.1, -0.05) is 11.6 Å². The standard InChI is InChI=1S/C28H15BrClF9N4O2/c1-13-6-14(10-40)2-5-18(13)24(45)42-21-7-15(3-4-16(21)11-41)23(44)43-22-19(29)8-17(9-20(22)30)25(31,12-26(32,33)34)27(35,36)28(37,38)39/h2-9H,12H2,1H3,(H,42,45)(H,43,44). The summed E-state index contributed by atoms with van der Waals surface area (Å²) in [5.74, 6) is -8.28. The number of carbonyl (C=O) groups excluding carboxylic acids is 2. The molecule has 17 heteroatoms. The first-order valence-corrected chi connectivity index (χ1v) is 13.2. The molecule has 1 unspecified atom stereocenters. The van der Waals surface area contributed by atoms with Crippen LogP contribution in [0.25, 0.3) is 0 Å². The minimum absolute atomic E-state index is 0.0932. The number of benzene rings is 3. The zero-order valence-corrected chi connectivity index (χ0v) is 24.5. The summed E-state index contributed by atoms with van der Waals surface area (Å²) in [4.78, 5) is 25.8. The van der Waals surface area contributed by atoms with Crippen molar-refractivity contribution in [2.45, 2.75) is 37.3 Å². The minimum atomic E-state index is -6.72. The van der Waals surface area contributed by atoms with Crippen LogP contribution in [0.1, 0.15) is 49.4 Å². The SMILES string of the molecule is Cc1cc(C#N)ccc1C(=O)Nc1cc(C(=O)Nc2c(Cl)cc(C(F)(CC(F)(F)F)C(F)(F)C(F)(F)F)cc2Br)ccc1C#N. The van der Waals surface area contributed by atoms with Crippen LogP contribution >= 0.6 is 27.5 Å². The van der Waals surface area contributed by atoms with E-state index in [1.165, 1.54) is 18.2 Å². The molecular weight excluding hydrogens is 711 g/mol. The lowest BCUT2D eigenvalue weighted by Gasteiger charge is -2.35. The van der Waals surface area contributed by atoms with Crippen LogP contribution in [0, 0.1) is 29.6 Å². The number of halogens is 11. The van der Waals surface area contributed by atoms with E-state index in [-0.39, 0.29) is 40.1 Å². The highest BCUT2D eigenvalue weighted by Crippen LogP contribution is 2.56. The van der Waals surface area contributed by atoms with Gasteiger partial charge in [-0.05, 0) is 82.5 Å². The average Bonchev–Trinajstić information content (AvgIpc) is 2.92. The molecule has 3 rings (SSSR count). The maximum Gasteiger partial charge on any atom is 0.457 e. The van der Waals surface area contributed by atoms with Gasteiger partial charge in [0, 0.05) is 15.6 Å². The highest BCUT2D eigenvalue weighted by molar-refractivity contribution is 9.10. The van der Waals surface area contributed by atoms with Crippen LogP contribution in [-0.4, -0.2) is 30.1 Å². The molecule has 0 aromatic heterocycles. The number of amides is 2. The normalized spacial score (nSPS) is 13.3. The summed E-state index contributed by atoms with van der Waals surface area (Å²) >= 11 is 8.63. The molecule has 0 saturated carbocycles. The molecule has 0 bridgehead atoms. The number of carbonyl (C=O) groups is 2. The lowest BCUT2D eigenvalue weighted by Crippen LogP contribution is -2.54. The van der Waals surface area contributed by atoms with Gasteiger partial charge >= 0.3 is 18.3 Å². The van der Waals surface area contributed by atoms with E-state index in [9.17, 15) is 50.0 Å². The monoisotopic (exact) mass is 724 g/mol. The van der Waals surface area contributed by atoms with Crippen molar-refractivity contribution in [1.82, 2.24) is 0 Å². The number of nitrogens with zero attached hydrogens (tertiary/aromatic N) is 2. The van der Waals surface area contributed by atoms with Crippen molar-refractivity contribution in [1.29, 1.82) is 10.5 Å². The molecule has 2 amide bonds. The van der Waals surface area contributed by atoms with Crippen molar-refractivity contribution in [2.75, 3.05) is 10.6 Å². The molecule has 0 aliphatic heterocycles. The lowest BCUT2D eigenvalue weighted by atomic mass is 9.85. The number of anilines is 2. The van der Waals surface area contributed by atoms with Crippen LogP contribution in [-0.2, 0) is 5.67 Å². The summed E-state index contributed by atoms with van der Waals surface area (Å²) in [6, 6.07) is 11.5. The molecule has 0 radical (unpaired) electrons. The molecule has 2 N–H and O–H groups in total. The molecule has 0 aliphatic rings. The number of nitriles is 2. The van der Waals surface area contributed by atoms with Crippen molar-refractivity contribution in [2.24, 2.45) is 0 Å². The Morgan fingerprint density at radius 2 is 1.51 bits per heavy atom. The highest BCUT2D eigenvalue weighted by Gasteiger charge is 2.74. The van der Waals surface area contributed by atoms with E-state index in [0.717, 1.165) is 18.2 Å². The molecule has 1 atom stereocenters. The Labute approximate surface area is 261 Å². The summed E-state index contributed by atoms with van der Waals surface area (Å²) in [5, 5.41) is 22.2. The molecule has 0 spiro atoms.